The molecule has 6 rings (SSSR count). The zero-order chi connectivity index (χ0) is 33.1. The van der Waals surface area contributed by atoms with Gasteiger partial charge in [-0.1, -0.05) is 28.8 Å². The van der Waals surface area contributed by atoms with Gasteiger partial charge in [0, 0.05) is 36.4 Å². The van der Waals surface area contributed by atoms with Crippen molar-refractivity contribution in [2.75, 3.05) is 43.1 Å². The number of morpholine rings is 1. The topological polar surface area (TPSA) is 125 Å². The smallest absolute Gasteiger partial charge is 0.378 e. The van der Waals surface area contributed by atoms with E-state index in [1.807, 2.05) is 12.1 Å². The summed E-state index contributed by atoms with van der Waals surface area (Å²) in [5.74, 6) is -2.84. The monoisotopic (exact) mass is 664 g/mol. The van der Waals surface area contributed by atoms with Crippen LogP contribution < -0.4 is 10.2 Å². The molecule has 4 amide bonds. The highest BCUT2D eigenvalue weighted by atomic mass is 32.1. The first-order chi connectivity index (χ1) is 22.6. The van der Waals surface area contributed by atoms with E-state index in [0.717, 1.165) is 52.2 Å². The number of nitrogens with one attached hydrogen (secondary N) is 1. The summed E-state index contributed by atoms with van der Waals surface area (Å²) in [6, 6.07) is 16.0. The summed E-state index contributed by atoms with van der Waals surface area (Å²) in [6.07, 6.45) is -4.58. The third-order valence-electron chi connectivity index (χ3n) is 7.85. The van der Waals surface area contributed by atoms with E-state index in [0.29, 0.717) is 18.9 Å². The second kappa shape index (κ2) is 13.3. The normalized spacial score (nSPS) is 15.4. The minimum Gasteiger partial charge on any atom is -0.378 e. The highest BCUT2D eigenvalue weighted by Crippen LogP contribution is 2.31. The Balaban J connectivity index is 1.30. The van der Waals surface area contributed by atoms with Crippen molar-refractivity contribution in [2.24, 2.45) is 0 Å². The van der Waals surface area contributed by atoms with Crippen LogP contribution in [0.1, 0.15) is 43.6 Å². The van der Waals surface area contributed by atoms with Crippen molar-refractivity contribution in [1.29, 1.82) is 0 Å². The largest absolute Gasteiger partial charge is 0.416 e. The Morgan fingerprint density at radius 3 is 2.15 bits per heavy atom. The first-order valence-corrected chi connectivity index (χ1v) is 15.3. The number of imide groups is 1. The summed E-state index contributed by atoms with van der Waals surface area (Å²) in [6.45, 7) is 1.59. The van der Waals surface area contributed by atoms with Crippen LogP contribution in [0.3, 0.4) is 0 Å². The van der Waals surface area contributed by atoms with Gasteiger partial charge in [-0.25, -0.2) is 0 Å². The van der Waals surface area contributed by atoms with Gasteiger partial charge < -0.3 is 19.9 Å². The molecule has 0 unspecified atom stereocenters. The first kappa shape index (κ1) is 31.8. The molecule has 1 aromatic heterocycles. The van der Waals surface area contributed by atoms with Crippen molar-refractivity contribution in [3.8, 4) is 0 Å². The molecule has 47 heavy (non-hydrogen) atoms. The van der Waals surface area contributed by atoms with Crippen LogP contribution in [-0.4, -0.2) is 75.9 Å². The van der Waals surface area contributed by atoms with Crippen LogP contribution in [-0.2, 0) is 27.0 Å². The molecule has 1 atom stereocenters. The summed E-state index contributed by atoms with van der Waals surface area (Å²) in [5.41, 5.74) is 1.11. The number of nitrogens with zero attached hydrogens (tertiary/aromatic N) is 5. The summed E-state index contributed by atoms with van der Waals surface area (Å²) in [5, 5.41) is 8.31. The van der Waals surface area contributed by atoms with E-state index in [9.17, 15) is 32.3 Å². The van der Waals surface area contributed by atoms with Crippen LogP contribution >= 0.6 is 11.5 Å². The number of hydrogen-bond acceptors (Lipinski definition) is 9. The third-order valence-corrected chi connectivity index (χ3v) is 8.38. The number of benzene rings is 3. The number of alkyl halides is 3. The Labute approximate surface area is 270 Å². The van der Waals surface area contributed by atoms with Gasteiger partial charge in [0.25, 0.3) is 17.7 Å². The molecule has 4 aromatic rings. The Hall–Kier alpha value is -5.15. The molecule has 2 aliphatic rings. The van der Waals surface area contributed by atoms with E-state index in [1.165, 1.54) is 29.6 Å². The van der Waals surface area contributed by atoms with Crippen molar-refractivity contribution >= 4 is 46.5 Å². The SMILES string of the molecule is O=C(Nc1ccc(N2CCOCC2)cc1)[C@@H](c1csnn1)N(Cc1ccc(C(F)(F)F)cc1)C(=O)CN1C(=O)c2ccccc2C1=O. The molecule has 1 saturated heterocycles. The molecule has 0 saturated carbocycles. The molecule has 0 spiro atoms. The standard InChI is InChI=1S/C32H27F3N6O5S/c33-32(34,35)21-7-5-20(6-8-21)17-40(27(42)18-41-30(44)24-3-1-2-4-25(24)31(41)45)28(26-19-47-38-37-26)29(43)36-22-9-11-23(12-10-22)39-13-15-46-16-14-39/h1-12,19,28H,13-18H2,(H,36,43)/t28-/m1/s1. The van der Waals surface area contributed by atoms with Gasteiger partial charge in [-0.2, -0.15) is 13.2 Å². The van der Waals surface area contributed by atoms with Crippen LogP contribution in [0.4, 0.5) is 24.5 Å². The first-order valence-electron chi connectivity index (χ1n) is 14.5. The second-order valence-electron chi connectivity index (χ2n) is 10.8. The van der Waals surface area contributed by atoms with Crippen LogP contribution in [0.15, 0.2) is 78.2 Å². The molecule has 242 valence electrons. The zero-order valence-corrected chi connectivity index (χ0v) is 25.5. The highest BCUT2D eigenvalue weighted by molar-refractivity contribution is 7.03. The molecule has 3 aromatic carbocycles. The van der Waals surface area contributed by atoms with Crippen LogP contribution in [0.5, 0.6) is 0 Å². The molecular formula is C32H27F3N6O5S. The number of carbonyl (C=O) groups excluding carboxylic acids is 4. The number of ether oxygens (including phenoxy) is 1. The predicted molar refractivity (Wildman–Crippen MR) is 165 cm³/mol. The van der Waals surface area contributed by atoms with Crippen molar-refractivity contribution in [3.05, 3.63) is 106 Å². The number of fused-ring (bicyclic) bond motifs is 1. The van der Waals surface area contributed by atoms with Crippen LogP contribution in [0.2, 0.25) is 0 Å². The number of carbonyl (C=O) groups is 4. The number of halogens is 3. The minimum atomic E-state index is -4.58. The maximum absolute atomic E-state index is 14.0. The molecule has 1 N–H and O–H groups in total. The summed E-state index contributed by atoms with van der Waals surface area (Å²) in [7, 11) is 0. The zero-order valence-electron chi connectivity index (χ0n) is 24.6. The maximum Gasteiger partial charge on any atom is 0.416 e. The fraction of sp³-hybridized carbons (Fsp3) is 0.250. The molecule has 0 bridgehead atoms. The third kappa shape index (κ3) is 6.85. The molecule has 2 aliphatic heterocycles. The van der Waals surface area contributed by atoms with Crippen molar-refractivity contribution in [1.82, 2.24) is 19.4 Å². The number of anilines is 2. The Kier molecular flexibility index (Phi) is 9.00. The Morgan fingerprint density at radius 1 is 0.936 bits per heavy atom. The van der Waals surface area contributed by atoms with Gasteiger partial charge >= 0.3 is 6.18 Å². The van der Waals surface area contributed by atoms with Crippen molar-refractivity contribution < 1.29 is 37.1 Å². The predicted octanol–water partition coefficient (Wildman–Crippen LogP) is 4.40. The number of hydrogen-bond donors (Lipinski definition) is 1. The average molecular weight is 665 g/mol. The highest BCUT2D eigenvalue weighted by Gasteiger charge is 2.40. The van der Waals surface area contributed by atoms with Gasteiger partial charge in [0.15, 0.2) is 6.04 Å². The summed E-state index contributed by atoms with van der Waals surface area (Å²) >= 11 is 0.936. The minimum absolute atomic E-state index is 0.0973. The Bertz CT molecular complexity index is 1740. The Morgan fingerprint density at radius 2 is 1.57 bits per heavy atom. The molecule has 0 aliphatic carbocycles. The lowest BCUT2D eigenvalue weighted by molar-refractivity contribution is -0.140. The van der Waals surface area contributed by atoms with Crippen LogP contribution in [0.25, 0.3) is 0 Å². The van der Waals surface area contributed by atoms with Crippen molar-refractivity contribution in [3.63, 3.8) is 0 Å². The van der Waals surface area contributed by atoms with E-state index in [4.69, 9.17) is 4.74 Å². The number of amides is 4. The fourth-order valence-corrected chi connectivity index (χ4v) is 5.91. The quantitative estimate of drug-likeness (QED) is 0.261. The summed E-state index contributed by atoms with van der Waals surface area (Å²) < 4.78 is 49.1. The molecule has 15 heteroatoms. The molecule has 0 radical (unpaired) electrons. The van der Waals surface area contributed by atoms with Gasteiger partial charge in [0.05, 0.1) is 29.9 Å². The van der Waals surface area contributed by atoms with Gasteiger partial charge in [0.2, 0.25) is 5.91 Å². The molecule has 3 heterocycles. The van der Waals surface area contributed by atoms with Crippen molar-refractivity contribution in [2.45, 2.75) is 18.8 Å². The lowest BCUT2D eigenvalue weighted by atomic mass is 10.1. The van der Waals surface area contributed by atoms with Gasteiger partial charge in [-0.15, -0.1) is 5.10 Å². The fourth-order valence-electron chi connectivity index (χ4n) is 5.44. The van der Waals surface area contributed by atoms with Gasteiger partial charge in [-0.3, -0.25) is 24.1 Å². The number of aromatic nitrogens is 2. The number of rotatable bonds is 9. The molecule has 1 fully saturated rings. The van der Waals surface area contributed by atoms with E-state index in [1.54, 1.807) is 24.3 Å². The average Bonchev–Trinajstić information content (AvgIpc) is 3.68. The molecule has 11 nitrogen and oxygen atoms in total. The van der Waals surface area contributed by atoms with Gasteiger partial charge in [-0.05, 0) is 65.6 Å². The maximum atomic E-state index is 14.0. The van der Waals surface area contributed by atoms with Gasteiger partial charge in [0.1, 0.15) is 12.2 Å². The van der Waals surface area contributed by atoms with E-state index < -0.39 is 48.0 Å². The molecular weight excluding hydrogens is 637 g/mol. The lowest BCUT2D eigenvalue weighted by Gasteiger charge is -2.31. The van der Waals surface area contributed by atoms with Crippen LogP contribution in [0, 0.1) is 0 Å². The van der Waals surface area contributed by atoms with E-state index in [-0.39, 0.29) is 28.9 Å². The second-order valence-corrected chi connectivity index (χ2v) is 11.4. The van der Waals surface area contributed by atoms with E-state index in [2.05, 4.69) is 19.8 Å². The lowest BCUT2D eigenvalue weighted by Crippen LogP contribution is -2.47. The van der Waals surface area contributed by atoms with E-state index >= 15 is 0 Å². The summed E-state index contributed by atoms with van der Waals surface area (Å²) in [4.78, 5) is 58.2.